The number of rotatable bonds is 0. The van der Waals surface area contributed by atoms with Crippen LogP contribution in [0.1, 0.15) is 39.5 Å². The van der Waals surface area contributed by atoms with E-state index in [0.717, 1.165) is 6.61 Å². The van der Waals surface area contributed by atoms with Gasteiger partial charge >= 0.3 is 0 Å². The van der Waals surface area contributed by atoms with Crippen molar-refractivity contribution in [3.8, 4) is 0 Å². The highest BCUT2D eigenvalue weighted by atomic mass is 32.1. The van der Waals surface area contributed by atoms with Gasteiger partial charge in [0.05, 0.1) is 6.10 Å². The molecule has 0 amide bonds. The standard InChI is InChI=1S/C5H10O.C5H6S.2CH4/c2*1-5-3-2-4-6-5;;/h5H,2-4H2,1H3;2-4H,1H3;2*1H4. The molecule has 1 fully saturated rings. The van der Waals surface area contributed by atoms with Gasteiger partial charge in [0.2, 0.25) is 0 Å². The SMILES string of the molecule is C.C.CC1CCCO1.Cc1cccs1. The zero-order valence-electron chi connectivity index (χ0n) is 7.75. The summed E-state index contributed by atoms with van der Waals surface area (Å²) in [6, 6.07) is 4.16. The van der Waals surface area contributed by atoms with Crippen molar-refractivity contribution in [3.05, 3.63) is 22.4 Å². The van der Waals surface area contributed by atoms with E-state index >= 15 is 0 Å². The molecule has 1 atom stereocenters. The Balaban J connectivity index is 0. The zero-order chi connectivity index (χ0) is 8.81. The summed E-state index contributed by atoms with van der Waals surface area (Å²) < 4.78 is 5.15. The van der Waals surface area contributed by atoms with E-state index in [1.54, 1.807) is 11.3 Å². The molecule has 0 spiro atoms. The predicted octanol–water partition coefficient (Wildman–Crippen LogP) is 4.51. The van der Waals surface area contributed by atoms with Crippen molar-refractivity contribution in [3.63, 3.8) is 0 Å². The number of thiophene rings is 1. The Bertz CT molecular complexity index is 188. The number of aryl methyl sites for hydroxylation is 1. The minimum absolute atomic E-state index is 0. The molecular formula is C12H24OS. The van der Waals surface area contributed by atoms with Crippen LogP contribution in [0.2, 0.25) is 0 Å². The van der Waals surface area contributed by atoms with Crippen molar-refractivity contribution in [1.82, 2.24) is 0 Å². The average Bonchev–Trinajstić information content (AvgIpc) is 2.63. The molecule has 0 bridgehead atoms. The van der Waals surface area contributed by atoms with Crippen molar-refractivity contribution in [2.75, 3.05) is 6.61 Å². The van der Waals surface area contributed by atoms with Crippen LogP contribution in [0.3, 0.4) is 0 Å². The minimum atomic E-state index is 0. The number of hydrogen-bond acceptors (Lipinski definition) is 2. The predicted molar refractivity (Wildman–Crippen MR) is 67.2 cm³/mol. The minimum Gasteiger partial charge on any atom is -0.379 e. The van der Waals surface area contributed by atoms with Crippen LogP contribution in [0.15, 0.2) is 17.5 Å². The first-order valence-corrected chi connectivity index (χ1v) is 5.28. The fourth-order valence-electron chi connectivity index (χ4n) is 1.10. The van der Waals surface area contributed by atoms with Gasteiger partial charge in [0.1, 0.15) is 0 Å². The Morgan fingerprint density at radius 2 is 2.14 bits per heavy atom. The zero-order valence-corrected chi connectivity index (χ0v) is 8.56. The largest absolute Gasteiger partial charge is 0.379 e. The highest BCUT2D eigenvalue weighted by Gasteiger charge is 2.07. The molecule has 1 aliphatic rings. The first kappa shape index (κ1) is 16.1. The topological polar surface area (TPSA) is 9.23 Å². The van der Waals surface area contributed by atoms with Crippen molar-refractivity contribution in [1.29, 1.82) is 0 Å². The van der Waals surface area contributed by atoms with E-state index in [2.05, 4.69) is 31.4 Å². The van der Waals surface area contributed by atoms with E-state index < -0.39 is 0 Å². The Hall–Kier alpha value is -0.340. The maximum Gasteiger partial charge on any atom is 0.0547 e. The smallest absolute Gasteiger partial charge is 0.0547 e. The molecule has 1 aromatic rings. The summed E-state index contributed by atoms with van der Waals surface area (Å²) in [5.74, 6) is 0. The highest BCUT2D eigenvalue weighted by molar-refractivity contribution is 7.09. The second-order valence-electron chi connectivity index (χ2n) is 3.05. The average molecular weight is 216 g/mol. The summed E-state index contributed by atoms with van der Waals surface area (Å²) >= 11 is 1.78. The summed E-state index contributed by atoms with van der Waals surface area (Å²) in [4.78, 5) is 1.38. The van der Waals surface area contributed by atoms with Gasteiger partial charge in [-0.1, -0.05) is 20.9 Å². The Labute approximate surface area is 93.1 Å². The summed E-state index contributed by atoms with van der Waals surface area (Å²) in [5.41, 5.74) is 0. The second kappa shape index (κ2) is 9.22. The Morgan fingerprint density at radius 3 is 2.29 bits per heavy atom. The molecule has 0 N–H and O–H groups in total. The molecule has 0 aromatic carbocycles. The highest BCUT2D eigenvalue weighted by Crippen LogP contribution is 2.09. The molecule has 1 aliphatic heterocycles. The van der Waals surface area contributed by atoms with Crippen LogP contribution in [0.25, 0.3) is 0 Å². The maximum atomic E-state index is 5.15. The molecule has 0 radical (unpaired) electrons. The van der Waals surface area contributed by atoms with E-state index in [4.69, 9.17) is 4.74 Å². The van der Waals surface area contributed by atoms with Crippen LogP contribution in [-0.2, 0) is 4.74 Å². The van der Waals surface area contributed by atoms with E-state index in [9.17, 15) is 0 Å². The summed E-state index contributed by atoms with van der Waals surface area (Å²) in [7, 11) is 0. The fourth-order valence-corrected chi connectivity index (χ4v) is 1.63. The number of hydrogen-bond donors (Lipinski definition) is 0. The van der Waals surface area contributed by atoms with Gasteiger partial charge in [-0.25, -0.2) is 0 Å². The second-order valence-corrected chi connectivity index (χ2v) is 4.20. The van der Waals surface area contributed by atoms with Gasteiger partial charge in [-0.05, 0) is 38.1 Å². The molecule has 84 valence electrons. The molecule has 1 aromatic heterocycles. The van der Waals surface area contributed by atoms with Gasteiger partial charge in [-0.2, -0.15) is 0 Å². The van der Waals surface area contributed by atoms with Gasteiger partial charge in [0.15, 0.2) is 0 Å². The normalized spacial score (nSPS) is 18.6. The molecule has 1 unspecified atom stereocenters. The third-order valence-electron chi connectivity index (χ3n) is 1.82. The lowest BCUT2D eigenvalue weighted by Crippen LogP contribution is -1.94. The third-order valence-corrected chi connectivity index (χ3v) is 2.62. The van der Waals surface area contributed by atoms with Gasteiger partial charge in [-0.3, -0.25) is 0 Å². The van der Waals surface area contributed by atoms with Gasteiger partial charge in [0, 0.05) is 11.5 Å². The van der Waals surface area contributed by atoms with Crippen LogP contribution in [0.5, 0.6) is 0 Å². The lowest BCUT2D eigenvalue weighted by molar-refractivity contribution is 0.125. The molecular weight excluding hydrogens is 192 g/mol. The van der Waals surface area contributed by atoms with Crippen molar-refractivity contribution in [2.24, 2.45) is 0 Å². The quantitative estimate of drug-likeness (QED) is 0.620. The van der Waals surface area contributed by atoms with Crippen LogP contribution in [0, 0.1) is 6.92 Å². The monoisotopic (exact) mass is 216 g/mol. The summed E-state index contributed by atoms with van der Waals surface area (Å²) in [6.07, 6.45) is 3.08. The first-order valence-electron chi connectivity index (χ1n) is 4.41. The fraction of sp³-hybridized carbons (Fsp3) is 0.667. The van der Waals surface area contributed by atoms with Crippen molar-refractivity contribution in [2.45, 2.75) is 47.6 Å². The number of ether oxygens (including phenoxy) is 1. The molecule has 1 nitrogen and oxygen atoms in total. The molecule has 14 heavy (non-hydrogen) atoms. The van der Waals surface area contributed by atoms with E-state index in [1.807, 2.05) is 0 Å². The summed E-state index contributed by atoms with van der Waals surface area (Å²) in [5, 5.41) is 2.08. The summed E-state index contributed by atoms with van der Waals surface area (Å²) in [6.45, 7) is 5.21. The Morgan fingerprint density at radius 1 is 1.43 bits per heavy atom. The van der Waals surface area contributed by atoms with Gasteiger partial charge in [0.25, 0.3) is 0 Å². The van der Waals surface area contributed by atoms with Gasteiger partial charge < -0.3 is 4.74 Å². The molecule has 2 heteroatoms. The molecule has 2 rings (SSSR count). The van der Waals surface area contributed by atoms with E-state index in [1.165, 1.54) is 17.7 Å². The van der Waals surface area contributed by atoms with Crippen LogP contribution < -0.4 is 0 Å². The van der Waals surface area contributed by atoms with Crippen LogP contribution >= 0.6 is 11.3 Å². The van der Waals surface area contributed by atoms with Crippen molar-refractivity contribution >= 4 is 11.3 Å². The maximum absolute atomic E-state index is 5.15. The molecule has 2 heterocycles. The van der Waals surface area contributed by atoms with Gasteiger partial charge in [-0.15, -0.1) is 11.3 Å². The Kier molecular flexibility index (Phi) is 10.6. The molecule has 1 saturated heterocycles. The lowest BCUT2D eigenvalue weighted by Gasteiger charge is -1.94. The lowest BCUT2D eigenvalue weighted by atomic mass is 10.3. The van der Waals surface area contributed by atoms with E-state index in [-0.39, 0.29) is 14.9 Å². The van der Waals surface area contributed by atoms with Crippen molar-refractivity contribution < 1.29 is 4.74 Å². The van der Waals surface area contributed by atoms with Crippen LogP contribution in [-0.4, -0.2) is 12.7 Å². The molecule has 0 saturated carbocycles. The third kappa shape index (κ3) is 7.10. The van der Waals surface area contributed by atoms with E-state index in [0.29, 0.717) is 6.10 Å². The first-order chi connectivity index (χ1) is 5.79. The molecule has 0 aliphatic carbocycles. The van der Waals surface area contributed by atoms with Crippen LogP contribution in [0.4, 0.5) is 0 Å².